The van der Waals surface area contributed by atoms with Gasteiger partial charge in [0.25, 0.3) is 10.0 Å². The Hall–Kier alpha value is -1.99. The SMILES string of the molecule is COc1cc(F)ccc1NS(=O)(=O)c1cc(Cl)ccc1N. The molecule has 0 spiro atoms. The van der Waals surface area contributed by atoms with Crippen molar-refractivity contribution in [2.24, 2.45) is 0 Å². The molecule has 0 fully saturated rings. The second-order valence-electron chi connectivity index (χ2n) is 4.13. The number of ether oxygens (including phenoxy) is 1. The molecule has 3 N–H and O–H groups in total. The molecular weight excluding hydrogens is 319 g/mol. The van der Waals surface area contributed by atoms with Gasteiger partial charge in [-0.05, 0) is 30.3 Å². The molecule has 2 aromatic carbocycles. The minimum atomic E-state index is -3.97. The zero-order valence-electron chi connectivity index (χ0n) is 10.9. The third-order valence-electron chi connectivity index (χ3n) is 2.67. The van der Waals surface area contributed by atoms with E-state index in [0.29, 0.717) is 0 Å². The van der Waals surface area contributed by atoms with E-state index in [1.165, 1.54) is 31.4 Å². The molecule has 21 heavy (non-hydrogen) atoms. The Bertz CT molecular complexity index is 781. The number of nitrogens with two attached hydrogens (primary N) is 1. The first-order valence-electron chi connectivity index (χ1n) is 5.75. The Balaban J connectivity index is 2.45. The van der Waals surface area contributed by atoms with Gasteiger partial charge in [-0.1, -0.05) is 11.6 Å². The maximum absolute atomic E-state index is 13.1. The molecule has 0 amide bonds. The van der Waals surface area contributed by atoms with E-state index in [4.69, 9.17) is 22.1 Å². The van der Waals surface area contributed by atoms with Crippen molar-refractivity contribution in [1.29, 1.82) is 0 Å². The molecule has 0 heterocycles. The minimum Gasteiger partial charge on any atom is -0.494 e. The molecule has 0 radical (unpaired) electrons. The largest absolute Gasteiger partial charge is 0.494 e. The van der Waals surface area contributed by atoms with Crippen LogP contribution >= 0.6 is 11.6 Å². The summed E-state index contributed by atoms with van der Waals surface area (Å²) in [6, 6.07) is 7.54. The van der Waals surface area contributed by atoms with E-state index >= 15 is 0 Å². The second-order valence-corrected chi connectivity index (χ2v) is 6.22. The van der Waals surface area contributed by atoms with E-state index < -0.39 is 15.8 Å². The van der Waals surface area contributed by atoms with Gasteiger partial charge in [-0.2, -0.15) is 0 Å². The van der Waals surface area contributed by atoms with Crippen LogP contribution in [0.2, 0.25) is 5.02 Å². The minimum absolute atomic E-state index is 0.0491. The highest BCUT2D eigenvalue weighted by atomic mass is 35.5. The lowest BCUT2D eigenvalue weighted by molar-refractivity contribution is 0.413. The van der Waals surface area contributed by atoms with Crippen LogP contribution in [-0.4, -0.2) is 15.5 Å². The van der Waals surface area contributed by atoms with Gasteiger partial charge in [0.1, 0.15) is 16.5 Å². The van der Waals surface area contributed by atoms with Crippen molar-refractivity contribution in [3.63, 3.8) is 0 Å². The van der Waals surface area contributed by atoms with Crippen molar-refractivity contribution < 1.29 is 17.5 Å². The number of nitrogens with one attached hydrogen (secondary N) is 1. The van der Waals surface area contributed by atoms with Gasteiger partial charge in [-0.25, -0.2) is 12.8 Å². The highest BCUT2D eigenvalue weighted by molar-refractivity contribution is 7.92. The smallest absolute Gasteiger partial charge is 0.264 e. The van der Waals surface area contributed by atoms with E-state index in [-0.39, 0.29) is 27.0 Å². The maximum atomic E-state index is 13.1. The quantitative estimate of drug-likeness (QED) is 0.845. The molecule has 0 aliphatic carbocycles. The fourth-order valence-corrected chi connectivity index (χ4v) is 3.16. The maximum Gasteiger partial charge on any atom is 0.264 e. The van der Waals surface area contributed by atoms with Crippen molar-refractivity contribution >= 4 is 33.0 Å². The van der Waals surface area contributed by atoms with E-state index in [9.17, 15) is 12.8 Å². The Labute approximate surface area is 126 Å². The summed E-state index contributed by atoms with van der Waals surface area (Å²) < 4.78 is 45.0. The first-order chi connectivity index (χ1) is 9.83. The van der Waals surface area contributed by atoms with Crippen molar-refractivity contribution in [2.75, 3.05) is 17.6 Å². The number of halogens is 2. The summed E-state index contributed by atoms with van der Waals surface area (Å²) in [7, 11) is -2.67. The first kappa shape index (κ1) is 15.4. The second kappa shape index (κ2) is 5.79. The van der Waals surface area contributed by atoms with Crippen LogP contribution < -0.4 is 15.2 Å². The van der Waals surface area contributed by atoms with Gasteiger partial charge in [0.2, 0.25) is 0 Å². The summed E-state index contributed by atoms with van der Waals surface area (Å²) in [5.41, 5.74) is 5.80. The molecule has 112 valence electrons. The lowest BCUT2D eigenvalue weighted by Crippen LogP contribution is -2.15. The number of hydrogen-bond acceptors (Lipinski definition) is 4. The Morgan fingerprint density at radius 1 is 1.24 bits per heavy atom. The van der Waals surface area contributed by atoms with Crippen molar-refractivity contribution in [2.45, 2.75) is 4.90 Å². The highest BCUT2D eigenvalue weighted by Gasteiger charge is 2.20. The van der Waals surface area contributed by atoms with Gasteiger partial charge in [0.15, 0.2) is 0 Å². The van der Waals surface area contributed by atoms with Crippen LogP contribution in [0.3, 0.4) is 0 Å². The third kappa shape index (κ3) is 3.37. The first-order valence-corrected chi connectivity index (χ1v) is 7.61. The molecule has 0 aromatic heterocycles. The standard InChI is InChI=1S/C13H12ClFN2O3S/c1-20-12-7-9(15)3-5-11(12)17-21(18,19)13-6-8(14)2-4-10(13)16/h2-7,17H,16H2,1H3. The van der Waals surface area contributed by atoms with Crippen molar-refractivity contribution in [3.8, 4) is 5.75 Å². The normalized spacial score (nSPS) is 11.2. The topological polar surface area (TPSA) is 81.4 Å². The molecule has 2 rings (SSSR count). The van der Waals surface area contributed by atoms with Crippen LogP contribution in [0.15, 0.2) is 41.3 Å². The Morgan fingerprint density at radius 3 is 2.62 bits per heavy atom. The average molecular weight is 331 g/mol. The summed E-state index contributed by atoms with van der Waals surface area (Å²) in [6.45, 7) is 0. The van der Waals surface area contributed by atoms with Gasteiger partial charge >= 0.3 is 0 Å². The van der Waals surface area contributed by atoms with Gasteiger partial charge in [-0.3, -0.25) is 4.72 Å². The van der Waals surface area contributed by atoms with Gasteiger partial charge in [0, 0.05) is 11.1 Å². The molecule has 0 saturated carbocycles. The zero-order valence-corrected chi connectivity index (χ0v) is 12.5. The number of rotatable bonds is 4. The lowest BCUT2D eigenvalue weighted by Gasteiger charge is -2.13. The molecule has 2 aromatic rings. The molecule has 0 atom stereocenters. The zero-order chi connectivity index (χ0) is 15.6. The monoisotopic (exact) mass is 330 g/mol. The average Bonchev–Trinajstić information content (AvgIpc) is 2.43. The van der Waals surface area contributed by atoms with Crippen LogP contribution in [0.5, 0.6) is 5.75 Å². The van der Waals surface area contributed by atoms with Gasteiger partial charge in [0.05, 0.1) is 18.5 Å². The summed E-state index contributed by atoms with van der Waals surface area (Å²) in [6.07, 6.45) is 0. The van der Waals surface area contributed by atoms with Gasteiger partial charge < -0.3 is 10.5 Å². The highest BCUT2D eigenvalue weighted by Crippen LogP contribution is 2.30. The lowest BCUT2D eigenvalue weighted by atomic mass is 10.3. The van der Waals surface area contributed by atoms with Crippen LogP contribution in [0.1, 0.15) is 0 Å². The predicted octanol–water partition coefficient (Wildman–Crippen LogP) is 2.87. The summed E-state index contributed by atoms with van der Waals surface area (Å²) in [5, 5.41) is 0.232. The van der Waals surface area contributed by atoms with Gasteiger partial charge in [-0.15, -0.1) is 0 Å². The third-order valence-corrected chi connectivity index (χ3v) is 4.33. The molecule has 0 aliphatic rings. The fraction of sp³-hybridized carbons (Fsp3) is 0.0769. The molecule has 0 saturated heterocycles. The summed E-state index contributed by atoms with van der Waals surface area (Å²) in [4.78, 5) is -0.165. The van der Waals surface area contributed by atoms with E-state index in [1.54, 1.807) is 0 Å². The summed E-state index contributed by atoms with van der Waals surface area (Å²) >= 11 is 5.78. The molecule has 5 nitrogen and oxygen atoms in total. The Morgan fingerprint density at radius 2 is 1.95 bits per heavy atom. The fourth-order valence-electron chi connectivity index (χ4n) is 1.69. The molecule has 0 aliphatic heterocycles. The van der Waals surface area contributed by atoms with E-state index in [0.717, 1.165) is 12.1 Å². The van der Waals surface area contributed by atoms with E-state index in [1.807, 2.05) is 0 Å². The number of nitrogen functional groups attached to an aromatic ring is 1. The predicted molar refractivity (Wildman–Crippen MR) is 79.6 cm³/mol. The number of benzene rings is 2. The Kier molecular flexibility index (Phi) is 4.24. The van der Waals surface area contributed by atoms with Crippen LogP contribution in [0, 0.1) is 5.82 Å². The molecule has 8 heteroatoms. The van der Waals surface area contributed by atoms with Crippen LogP contribution in [0.25, 0.3) is 0 Å². The number of sulfonamides is 1. The molecule has 0 bridgehead atoms. The van der Waals surface area contributed by atoms with Crippen molar-refractivity contribution in [1.82, 2.24) is 0 Å². The van der Waals surface area contributed by atoms with Crippen LogP contribution in [0.4, 0.5) is 15.8 Å². The summed E-state index contributed by atoms with van der Waals surface area (Å²) in [5.74, 6) is -0.490. The van der Waals surface area contributed by atoms with Crippen LogP contribution in [-0.2, 0) is 10.0 Å². The number of methoxy groups -OCH3 is 1. The number of hydrogen-bond donors (Lipinski definition) is 2. The molecule has 0 unspecified atom stereocenters. The van der Waals surface area contributed by atoms with E-state index in [2.05, 4.69) is 4.72 Å². The number of anilines is 2. The van der Waals surface area contributed by atoms with Crippen molar-refractivity contribution in [3.05, 3.63) is 47.2 Å². The molecular formula is C13H12ClFN2O3S.